The van der Waals surface area contributed by atoms with Crippen molar-refractivity contribution < 1.29 is 14.3 Å². The van der Waals surface area contributed by atoms with E-state index in [1.165, 1.54) is 5.56 Å². The van der Waals surface area contributed by atoms with Gasteiger partial charge < -0.3 is 19.9 Å². The first-order chi connectivity index (χ1) is 13.7. The molecule has 0 bridgehead atoms. The highest BCUT2D eigenvalue weighted by Gasteiger charge is 2.26. The number of carbonyl (C=O) groups excluding carboxylic acids is 2. The third-order valence-electron chi connectivity index (χ3n) is 5.14. The number of nitrogens with zero attached hydrogens (tertiary/aromatic N) is 4. The molecule has 1 aromatic heterocycles. The molecule has 0 atom stereocenters. The van der Waals surface area contributed by atoms with E-state index in [-0.39, 0.29) is 11.9 Å². The van der Waals surface area contributed by atoms with Gasteiger partial charge in [-0.25, -0.2) is 4.79 Å². The second kappa shape index (κ2) is 8.43. The predicted octanol–water partition coefficient (Wildman–Crippen LogP) is 1.12. The fraction of sp³-hybridized carbons (Fsp3) is 0.450. The van der Waals surface area contributed by atoms with Crippen LogP contribution in [0.2, 0.25) is 0 Å². The molecule has 28 heavy (non-hydrogen) atoms. The predicted molar refractivity (Wildman–Crippen MR) is 103 cm³/mol. The van der Waals surface area contributed by atoms with Gasteiger partial charge in [-0.2, -0.15) is 5.10 Å². The van der Waals surface area contributed by atoms with Crippen LogP contribution < -0.4 is 5.32 Å². The maximum atomic E-state index is 12.6. The first-order valence-corrected chi connectivity index (χ1v) is 9.71. The molecular formula is C20H25N5O3. The molecule has 1 saturated heterocycles. The van der Waals surface area contributed by atoms with Crippen LogP contribution >= 0.6 is 0 Å². The maximum Gasteiger partial charge on any atom is 0.317 e. The largest absolute Gasteiger partial charge is 0.378 e. The number of morpholine rings is 1. The summed E-state index contributed by atoms with van der Waals surface area (Å²) in [6.45, 7) is 4.55. The van der Waals surface area contributed by atoms with Gasteiger partial charge in [0.2, 0.25) is 0 Å². The molecule has 0 radical (unpaired) electrons. The van der Waals surface area contributed by atoms with Crippen molar-refractivity contribution >= 4 is 11.9 Å². The van der Waals surface area contributed by atoms with E-state index in [2.05, 4.69) is 22.5 Å². The molecule has 0 unspecified atom stereocenters. The quantitative estimate of drug-likeness (QED) is 0.858. The van der Waals surface area contributed by atoms with E-state index in [4.69, 9.17) is 4.74 Å². The Labute approximate surface area is 164 Å². The molecule has 2 aliphatic heterocycles. The average Bonchev–Trinajstić information content (AvgIpc) is 3.18. The Morgan fingerprint density at radius 1 is 1.04 bits per heavy atom. The molecule has 0 aliphatic carbocycles. The van der Waals surface area contributed by atoms with E-state index < -0.39 is 0 Å². The van der Waals surface area contributed by atoms with E-state index in [1.807, 2.05) is 22.9 Å². The lowest BCUT2D eigenvalue weighted by Crippen LogP contribution is -2.44. The molecule has 0 spiro atoms. The molecule has 0 saturated carbocycles. The van der Waals surface area contributed by atoms with Crippen molar-refractivity contribution in [3.8, 4) is 0 Å². The zero-order valence-electron chi connectivity index (χ0n) is 15.8. The third-order valence-corrected chi connectivity index (χ3v) is 5.14. The van der Waals surface area contributed by atoms with E-state index in [1.54, 1.807) is 15.9 Å². The molecule has 3 heterocycles. The number of hydrogen-bond donors (Lipinski definition) is 1. The van der Waals surface area contributed by atoms with Crippen LogP contribution in [0.3, 0.4) is 0 Å². The first kappa shape index (κ1) is 18.5. The Bertz CT molecular complexity index is 830. The number of fused-ring (bicyclic) bond motifs is 1. The Morgan fingerprint density at radius 2 is 1.82 bits per heavy atom. The normalized spacial score (nSPS) is 16.6. The van der Waals surface area contributed by atoms with Crippen molar-refractivity contribution in [1.29, 1.82) is 0 Å². The van der Waals surface area contributed by atoms with Crippen molar-refractivity contribution in [1.82, 2.24) is 24.9 Å². The molecule has 8 heteroatoms. The van der Waals surface area contributed by atoms with Crippen molar-refractivity contribution in [3.05, 3.63) is 53.3 Å². The van der Waals surface area contributed by atoms with Gasteiger partial charge in [-0.3, -0.25) is 9.48 Å². The van der Waals surface area contributed by atoms with E-state index in [0.29, 0.717) is 58.2 Å². The number of nitrogens with one attached hydrogen (secondary N) is 1. The van der Waals surface area contributed by atoms with Crippen molar-refractivity contribution in [3.63, 3.8) is 0 Å². The number of hydrogen-bond acceptors (Lipinski definition) is 4. The summed E-state index contributed by atoms with van der Waals surface area (Å²) in [5.41, 5.74) is 2.54. The van der Waals surface area contributed by atoms with Gasteiger partial charge in [0.05, 0.1) is 32.0 Å². The minimum atomic E-state index is -0.0792. The number of rotatable bonds is 4. The van der Waals surface area contributed by atoms with Crippen LogP contribution in [-0.2, 0) is 24.2 Å². The molecule has 2 aromatic rings. The maximum absolute atomic E-state index is 12.6. The number of amides is 3. The molecule has 8 nitrogen and oxygen atoms in total. The monoisotopic (exact) mass is 383 g/mol. The summed E-state index contributed by atoms with van der Waals surface area (Å²) < 4.78 is 7.13. The third kappa shape index (κ3) is 4.17. The summed E-state index contributed by atoms with van der Waals surface area (Å²) in [6, 6.07) is 11.8. The molecule has 2 aliphatic rings. The fourth-order valence-corrected chi connectivity index (χ4v) is 3.54. The average molecular weight is 383 g/mol. The zero-order valence-corrected chi connectivity index (χ0v) is 15.8. The number of aromatic nitrogens is 2. The van der Waals surface area contributed by atoms with Gasteiger partial charge in [0, 0.05) is 26.2 Å². The van der Waals surface area contributed by atoms with Gasteiger partial charge in [-0.05, 0) is 18.1 Å². The lowest BCUT2D eigenvalue weighted by molar-refractivity contribution is 0.0298. The van der Waals surface area contributed by atoms with Crippen LogP contribution in [0.1, 0.15) is 21.7 Å². The molecule has 1 N–H and O–H groups in total. The van der Waals surface area contributed by atoms with Gasteiger partial charge in [-0.15, -0.1) is 0 Å². The molecule has 3 amide bonds. The summed E-state index contributed by atoms with van der Waals surface area (Å²) in [5.74, 6) is -0.0657. The minimum Gasteiger partial charge on any atom is -0.378 e. The first-order valence-electron chi connectivity index (χ1n) is 9.71. The summed E-state index contributed by atoms with van der Waals surface area (Å²) in [6.07, 6.45) is 0.802. The zero-order chi connectivity index (χ0) is 19.3. The molecular weight excluding hydrogens is 358 g/mol. The second-order valence-electron chi connectivity index (χ2n) is 7.04. The van der Waals surface area contributed by atoms with Crippen LogP contribution in [0.4, 0.5) is 4.79 Å². The highest BCUT2D eigenvalue weighted by Crippen LogP contribution is 2.15. The Balaban J connectivity index is 1.32. The molecule has 148 valence electrons. The topological polar surface area (TPSA) is 79.7 Å². The van der Waals surface area contributed by atoms with Gasteiger partial charge >= 0.3 is 6.03 Å². The van der Waals surface area contributed by atoms with Crippen LogP contribution in [0, 0.1) is 0 Å². The van der Waals surface area contributed by atoms with Gasteiger partial charge in [0.25, 0.3) is 5.91 Å². The lowest BCUT2D eigenvalue weighted by atomic mass is 10.1. The number of urea groups is 1. The standard InChI is InChI=1S/C20H25N5O3/c26-19(23-10-12-28-13-11-23)18-14-17-15-24(8-9-25(17)22-18)20(27)21-7-6-16-4-2-1-3-5-16/h1-5,14H,6-13,15H2,(H,21,27). The number of benzene rings is 1. The van der Waals surface area contributed by atoms with E-state index in [9.17, 15) is 9.59 Å². The lowest BCUT2D eigenvalue weighted by Gasteiger charge is -2.27. The van der Waals surface area contributed by atoms with Crippen LogP contribution in [0.25, 0.3) is 0 Å². The summed E-state index contributed by atoms with van der Waals surface area (Å²) in [7, 11) is 0. The Kier molecular flexibility index (Phi) is 5.57. The Morgan fingerprint density at radius 3 is 2.61 bits per heavy atom. The van der Waals surface area contributed by atoms with Gasteiger partial charge in [-0.1, -0.05) is 30.3 Å². The van der Waals surface area contributed by atoms with Crippen LogP contribution in [0.15, 0.2) is 36.4 Å². The van der Waals surface area contributed by atoms with Crippen LogP contribution in [0.5, 0.6) is 0 Å². The SMILES string of the molecule is O=C(NCCc1ccccc1)N1CCn2nc(C(=O)N3CCOCC3)cc2C1. The van der Waals surface area contributed by atoms with E-state index in [0.717, 1.165) is 12.1 Å². The summed E-state index contributed by atoms with van der Waals surface area (Å²) in [5, 5.41) is 7.43. The van der Waals surface area contributed by atoms with Gasteiger partial charge in [0.15, 0.2) is 5.69 Å². The summed E-state index contributed by atoms with van der Waals surface area (Å²) in [4.78, 5) is 28.6. The van der Waals surface area contributed by atoms with Gasteiger partial charge in [0.1, 0.15) is 0 Å². The molecule has 1 aromatic carbocycles. The second-order valence-corrected chi connectivity index (χ2v) is 7.04. The number of carbonyl (C=O) groups is 2. The Hall–Kier alpha value is -2.87. The molecule has 1 fully saturated rings. The highest BCUT2D eigenvalue weighted by atomic mass is 16.5. The van der Waals surface area contributed by atoms with Crippen molar-refractivity contribution in [2.24, 2.45) is 0 Å². The smallest absolute Gasteiger partial charge is 0.317 e. The van der Waals surface area contributed by atoms with Crippen molar-refractivity contribution in [2.75, 3.05) is 39.4 Å². The number of ether oxygens (including phenoxy) is 1. The highest BCUT2D eigenvalue weighted by molar-refractivity contribution is 5.92. The minimum absolute atomic E-state index is 0.0657. The molecule has 4 rings (SSSR count). The van der Waals surface area contributed by atoms with E-state index >= 15 is 0 Å². The van der Waals surface area contributed by atoms with Crippen molar-refractivity contribution in [2.45, 2.75) is 19.5 Å². The summed E-state index contributed by atoms with van der Waals surface area (Å²) >= 11 is 0. The van der Waals surface area contributed by atoms with Crippen LogP contribution in [-0.4, -0.2) is 70.9 Å². The fourth-order valence-electron chi connectivity index (χ4n) is 3.54.